The van der Waals surface area contributed by atoms with Crippen molar-refractivity contribution < 1.29 is 4.74 Å². The van der Waals surface area contributed by atoms with Crippen LogP contribution in [-0.4, -0.2) is 18.3 Å². The second-order valence-electron chi connectivity index (χ2n) is 5.53. The van der Waals surface area contributed by atoms with Crippen molar-refractivity contribution in [1.82, 2.24) is 5.32 Å². The molecule has 5 heteroatoms. The maximum Gasteiger partial charge on any atom is 0.171 e. The Morgan fingerprint density at radius 3 is 2.53 bits per heavy atom. The molecule has 0 heterocycles. The predicted octanol–water partition coefficient (Wildman–Crippen LogP) is 4.07. The van der Waals surface area contributed by atoms with Crippen LogP contribution in [0, 0.1) is 5.41 Å². The molecule has 3 nitrogen and oxygen atoms in total. The molecule has 0 fully saturated rings. The van der Waals surface area contributed by atoms with Crippen molar-refractivity contribution in [3.05, 3.63) is 23.2 Å². The van der Waals surface area contributed by atoms with Gasteiger partial charge in [-0.2, -0.15) is 0 Å². The normalized spacial score (nSPS) is 12.7. The number of methoxy groups -OCH3 is 1. The lowest BCUT2D eigenvalue weighted by Gasteiger charge is -2.29. The van der Waals surface area contributed by atoms with E-state index in [1.54, 1.807) is 25.3 Å². The molecule has 1 aromatic rings. The summed E-state index contributed by atoms with van der Waals surface area (Å²) in [6.07, 6.45) is 0. The molecule has 1 aromatic carbocycles. The number of halogens is 1. The fraction of sp³-hybridized carbons (Fsp3) is 0.500. The molecule has 0 saturated heterocycles. The van der Waals surface area contributed by atoms with Crippen LogP contribution in [0.3, 0.4) is 0 Å². The molecule has 0 aliphatic heterocycles. The quantitative estimate of drug-likeness (QED) is 0.825. The van der Waals surface area contributed by atoms with E-state index in [0.29, 0.717) is 15.9 Å². The monoisotopic (exact) mass is 300 g/mol. The molecule has 1 rings (SSSR count). The highest BCUT2D eigenvalue weighted by Gasteiger charge is 2.20. The highest BCUT2D eigenvalue weighted by molar-refractivity contribution is 7.80. The van der Waals surface area contributed by atoms with Crippen LogP contribution in [0.1, 0.15) is 27.7 Å². The molecule has 0 bridgehead atoms. The van der Waals surface area contributed by atoms with E-state index in [-0.39, 0.29) is 11.5 Å². The number of hydrogen-bond donors (Lipinski definition) is 2. The number of benzene rings is 1. The van der Waals surface area contributed by atoms with Gasteiger partial charge in [0.05, 0.1) is 12.8 Å². The Bertz CT molecular complexity index is 457. The van der Waals surface area contributed by atoms with Crippen molar-refractivity contribution in [2.45, 2.75) is 33.7 Å². The lowest BCUT2D eigenvalue weighted by Crippen LogP contribution is -2.43. The number of hydrogen-bond acceptors (Lipinski definition) is 2. The predicted molar refractivity (Wildman–Crippen MR) is 86.3 cm³/mol. The van der Waals surface area contributed by atoms with Crippen LogP contribution in [0.4, 0.5) is 5.69 Å². The summed E-state index contributed by atoms with van der Waals surface area (Å²) in [7, 11) is 1.61. The summed E-state index contributed by atoms with van der Waals surface area (Å²) >= 11 is 11.3. The summed E-state index contributed by atoms with van der Waals surface area (Å²) in [6, 6.07) is 5.62. The van der Waals surface area contributed by atoms with E-state index in [0.717, 1.165) is 5.69 Å². The number of nitrogens with one attached hydrogen (secondary N) is 2. The molecule has 106 valence electrons. The van der Waals surface area contributed by atoms with Crippen molar-refractivity contribution in [2.75, 3.05) is 12.4 Å². The average molecular weight is 301 g/mol. The van der Waals surface area contributed by atoms with Gasteiger partial charge in [-0.15, -0.1) is 0 Å². The Balaban J connectivity index is 2.75. The summed E-state index contributed by atoms with van der Waals surface area (Å²) in [5.41, 5.74) is 0.887. The summed E-state index contributed by atoms with van der Waals surface area (Å²) < 4.78 is 5.26. The number of ether oxygens (including phenoxy) is 1. The molecule has 0 aliphatic carbocycles. The van der Waals surface area contributed by atoms with Crippen LogP contribution < -0.4 is 15.4 Å². The molecule has 2 N–H and O–H groups in total. The minimum absolute atomic E-state index is 0.129. The van der Waals surface area contributed by atoms with E-state index in [9.17, 15) is 0 Å². The van der Waals surface area contributed by atoms with Crippen molar-refractivity contribution in [2.24, 2.45) is 5.41 Å². The van der Waals surface area contributed by atoms with Gasteiger partial charge in [-0.3, -0.25) is 0 Å². The average Bonchev–Trinajstić information content (AvgIpc) is 2.27. The third-order valence-corrected chi connectivity index (χ3v) is 3.51. The topological polar surface area (TPSA) is 33.3 Å². The maximum atomic E-state index is 5.98. The van der Waals surface area contributed by atoms with E-state index in [2.05, 4.69) is 38.3 Å². The van der Waals surface area contributed by atoms with Crippen LogP contribution in [0.5, 0.6) is 5.75 Å². The molecule has 0 amide bonds. The van der Waals surface area contributed by atoms with Gasteiger partial charge in [0.25, 0.3) is 0 Å². The summed E-state index contributed by atoms with van der Waals surface area (Å²) in [5, 5.41) is 7.57. The first kappa shape index (κ1) is 16.1. The van der Waals surface area contributed by atoms with Crippen molar-refractivity contribution in [3.63, 3.8) is 0 Å². The van der Waals surface area contributed by atoms with Gasteiger partial charge in [0.1, 0.15) is 5.75 Å². The number of rotatable bonds is 3. The van der Waals surface area contributed by atoms with Gasteiger partial charge in [0.15, 0.2) is 5.11 Å². The van der Waals surface area contributed by atoms with Gasteiger partial charge in [-0.25, -0.2) is 0 Å². The van der Waals surface area contributed by atoms with E-state index in [1.165, 1.54) is 0 Å². The Morgan fingerprint density at radius 1 is 1.37 bits per heavy atom. The fourth-order valence-electron chi connectivity index (χ4n) is 1.35. The molecule has 0 aliphatic rings. The maximum absolute atomic E-state index is 5.98. The van der Waals surface area contributed by atoms with Crippen molar-refractivity contribution >= 4 is 34.6 Å². The highest BCUT2D eigenvalue weighted by atomic mass is 35.5. The van der Waals surface area contributed by atoms with Gasteiger partial charge in [0.2, 0.25) is 0 Å². The van der Waals surface area contributed by atoms with Crippen molar-refractivity contribution in [3.8, 4) is 5.75 Å². The molecule has 0 spiro atoms. The second kappa shape index (κ2) is 6.44. The minimum Gasteiger partial charge on any atom is -0.495 e. The largest absolute Gasteiger partial charge is 0.495 e. The van der Waals surface area contributed by atoms with Gasteiger partial charge in [-0.05, 0) is 42.8 Å². The molecular formula is C14H21ClN2OS. The SMILES string of the molecule is COc1ccc(Cl)cc1NC(=S)NC(C)C(C)(C)C. The van der Waals surface area contributed by atoms with E-state index < -0.39 is 0 Å². The second-order valence-corrected chi connectivity index (χ2v) is 6.38. The third kappa shape index (κ3) is 4.88. The Morgan fingerprint density at radius 2 is 2.00 bits per heavy atom. The van der Waals surface area contributed by atoms with Crippen LogP contribution >= 0.6 is 23.8 Å². The fourth-order valence-corrected chi connectivity index (χ4v) is 1.81. The zero-order chi connectivity index (χ0) is 14.6. The van der Waals surface area contributed by atoms with Crippen molar-refractivity contribution in [1.29, 1.82) is 0 Å². The standard InChI is InChI=1S/C14H21ClN2OS/c1-9(14(2,3)4)16-13(19)17-11-8-10(15)6-7-12(11)18-5/h6-9H,1-5H3,(H2,16,17,19). The molecule has 19 heavy (non-hydrogen) atoms. The summed E-state index contributed by atoms with van der Waals surface area (Å²) in [5.74, 6) is 0.706. The van der Waals surface area contributed by atoms with Crippen LogP contribution in [0.25, 0.3) is 0 Å². The highest BCUT2D eigenvalue weighted by Crippen LogP contribution is 2.27. The number of thiocarbonyl (C=S) groups is 1. The molecular weight excluding hydrogens is 280 g/mol. The summed E-state index contributed by atoms with van der Waals surface area (Å²) in [6.45, 7) is 8.58. The first-order valence-corrected chi connectivity index (χ1v) is 6.93. The Labute approximate surface area is 125 Å². The zero-order valence-electron chi connectivity index (χ0n) is 12.0. The minimum atomic E-state index is 0.129. The Kier molecular flexibility index (Phi) is 5.44. The molecule has 1 unspecified atom stereocenters. The molecule has 0 aromatic heterocycles. The Hall–Kier alpha value is -1.00. The van der Waals surface area contributed by atoms with E-state index in [1.807, 2.05) is 0 Å². The van der Waals surface area contributed by atoms with Gasteiger partial charge >= 0.3 is 0 Å². The van der Waals surface area contributed by atoms with E-state index in [4.69, 9.17) is 28.6 Å². The van der Waals surface area contributed by atoms with Gasteiger partial charge in [-0.1, -0.05) is 32.4 Å². The van der Waals surface area contributed by atoms with E-state index >= 15 is 0 Å². The molecule has 1 atom stereocenters. The van der Waals surface area contributed by atoms with Crippen LogP contribution in [0.15, 0.2) is 18.2 Å². The first-order chi connectivity index (χ1) is 8.74. The smallest absolute Gasteiger partial charge is 0.171 e. The van der Waals surface area contributed by atoms with Gasteiger partial charge in [0, 0.05) is 11.1 Å². The zero-order valence-corrected chi connectivity index (χ0v) is 13.6. The first-order valence-electron chi connectivity index (χ1n) is 6.15. The van der Waals surface area contributed by atoms with Crippen LogP contribution in [0.2, 0.25) is 5.02 Å². The van der Waals surface area contributed by atoms with Crippen LogP contribution in [-0.2, 0) is 0 Å². The lowest BCUT2D eigenvalue weighted by atomic mass is 9.88. The lowest BCUT2D eigenvalue weighted by molar-refractivity contribution is 0.317. The molecule has 0 saturated carbocycles. The number of anilines is 1. The third-order valence-electron chi connectivity index (χ3n) is 3.06. The van der Waals surface area contributed by atoms with Gasteiger partial charge < -0.3 is 15.4 Å². The molecule has 0 radical (unpaired) electrons. The summed E-state index contributed by atoms with van der Waals surface area (Å²) in [4.78, 5) is 0.